The molecule has 0 spiro atoms. The monoisotopic (exact) mass is 403 g/mol. The fourth-order valence-electron chi connectivity index (χ4n) is 3.70. The van der Waals surface area contributed by atoms with E-state index >= 15 is 0 Å². The van der Waals surface area contributed by atoms with Gasteiger partial charge in [-0.1, -0.05) is 33.3 Å². The van der Waals surface area contributed by atoms with Gasteiger partial charge in [-0.2, -0.15) is 0 Å². The number of nitrogens with one attached hydrogen (secondary N) is 2. The van der Waals surface area contributed by atoms with Crippen LogP contribution in [-0.2, 0) is 9.59 Å². The summed E-state index contributed by atoms with van der Waals surface area (Å²) >= 11 is 0. The third-order valence-corrected chi connectivity index (χ3v) is 5.33. The van der Waals surface area contributed by atoms with Gasteiger partial charge in [0.2, 0.25) is 11.8 Å². The van der Waals surface area contributed by atoms with Gasteiger partial charge in [0.05, 0.1) is 5.56 Å². The number of carbonyl (C=O) groups excluding carboxylic acids is 2. The summed E-state index contributed by atoms with van der Waals surface area (Å²) in [5.74, 6) is -1.09. The second kappa shape index (κ2) is 11.0. The average molecular weight is 404 g/mol. The summed E-state index contributed by atoms with van der Waals surface area (Å²) in [6.45, 7) is 9.08. The van der Waals surface area contributed by atoms with Crippen LogP contribution in [0.15, 0.2) is 18.2 Å². The lowest BCUT2D eigenvalue weighted by atomic mass is 9.95. The number of hydrogen-bond acceptors (Lipinski definition) is 4. The van der Waals surface area contributed by atoms with E-state index in [4.69, 9.17) is 0 Å². The molecule has 1 fully saturated rings. The predicted octanol–water partition coefficient (Wildman–Crippen LogP) is 3.08. The second-order valence-electron chi connectivity index (χ2n) is 7.91. The summed E-state index contributed by atoms with van der Waals surface area (Å²) in [7, 11) is 0. The highest BCUT2D eigenvalue weighted by atomic mass is 16.4. The molecule has 1 heterocycles. The normalized spacial score (nSPS) is 15.2. The van der Waals surface area contributed by atoms with Crippen LogP contribution in [0, 0.1) is 5.92 Å². The molecule has 1 saturated heterocycles. The predicted molar refractivity (Wildman–Crippen MR) is 113 cm³/mol. The molecule has 7 heteroatoms. The van der Waals surface area contributed by atoms with Crippen LogP contribution in [0.4, 0.5) is 5.69 Å². The smallest absolute Gasteiger partial charge is 0.335 e. The number of amides is 2. The van der Waals surface area contributed by atoms with Gasteiger partial charge >= 0.3 is 5.97 Å². The Hall–Kier alpha value is -2.41. The van der Waals surface area contributed by atoms with Gasteiger partial charge in [0.1, 0.15) is 0 Å². The van der Waals surface area contributed by atoms with Crippen LogP contribution in [0.3, 0.4) is 0 Å². The van der Waals surface area contributed by atoms with Crippen molar-refractivity contribution in [2.24, 2.45) is 5.92 Å². The van der Waals surface area contributed by atoms with E-state index in [0.717, 1.165) is 31.5 Å². The molecule has 1 aromatic carbocycles. The van der Waals surface area contributed by atoms with E-state index in [1.54, 1.807) is 12.1 Å². The zero-order valence-corrected chi connectivity index (χ0v) is 17.7. The summed E-state index contributed by atoms with van der Waals surface area (Å²) in [4.78, 5) is 38.6. The van der Waals surface area contributed by atoms with Crippen LogP contribution in [0.1, 0.15) is 68.3 Å². The van der Waals surface area contributed by atoms with Gasteiger partial charge < -0.3 is 20.6 Å². The summed E-state index contributed by atoms with van der Waals surface area (Å²) in [6.07, 6.45) is 2.39. The molecule has 1 aliphatic rings. The summed E-state index contributed by atoms with van der Waals surface area (Å²) in [5, 5.41) is 15.3. The zero-order chi connectivity index (χ0) is 21.4. The molecule has 7 nitrogen and oxygen atoms in total. The van der Waals surface area contributed by atoms with Crippen LogP contribution in [0.5, 0.6) is 0 Å². The third kappa shape index (κ3) is 6.56. The lowest BCUT2D eigenvalue weighted by Crippen LogP contribution is -2.48. The quantitative estimate of drug-likeness (QED) is 0.589. The van der Waals surface area contributed by atoms with E-state index in [-0.39, 0.29) is 35.6 Å². The number of aromatic carboxylic acids is 1. The number of anilines is 1. The molecular weight excluding hydrogens is 370 g/mol. The van der Waals surface area contributed by atoms with Crippen molar-refractivity contribution in [1.82, 2.24) is 10.2 Å². The first kappa shape index (κ1) is 22.9. The fraction of sp³-hybridized carbons (Fsp3) is 0.591. The zero-order valence-electron chi connectivity index (χ0n) is 17.7. The minimum atomic E-state index is -1.03. The molecule has 0 bridgehead atoms. The molecule has 29 heavy (non-hydrogen) atoms. The Morgan fingerprint density at radius 3 is 2.45 bits per heavy atom. The molecule has 0 aliphatic carbocycles. The van der Waals surface area contributed by atoms with Crippen molar-refractivity contribution >= 4 is 23.5 Å². The van der Waals surface area contributed by atoms with Crippen molar-refractivity contribution in [3.05, 3.63) is 29.3 Å². The van der Waals surface area contributed by atoms with E-state index in [2.05, 4.69) is 10.6 Å². The minimum absolute atomic E-state index is 0.136. The summed E-state index contributed by atoms with van der Waals surface area (Å²) in [6, 6.07) is 4.80. The number of carbonyl (C=O) groups is 3. The number of piperazine rings is 1. The van der Waals surface area contributed by atoms with Gasteiger partial charge in [-0.15, -0.1) is 0 Å². The van der Waals surface area contributed by atoms with E-state index < -0.39 is 5.97 Å². The van der Waals surface area contributed by atoms with Crippen LogP contribution in [0.2, 0.25) is 0 Å². The molecule has 2 rings (SSSR count). The van der Waals surface area contributed by atoms with E-state index in [9.17, 15) is 19.5 Å². The first-order valence-electron chi connectivity index (χ1n) is 10.5. The number of rotatable bonds is 9. The number of carboxylic acid groups (broad SMARTS) is 1. The van der Waals surface area contributed by atoms with Gasteiger partial charge in [0, 0.05) is 44.2 Å². The highest BCUT2D eigenvalue weighted by Crippen LogP contribution is 2.26. The fourth-order valence-corrected chi connectivity index (χ4v) is 3.70. The molecule has 0 aromatic heterocycles. The van der Waals surface area contributed by atoms with E-state index in [1.807, 2.05) is 25.7 Å². The first-order valence-corrected chi connectivity index (χ1v) is 10.5. The molecule has 0 radical (unpaired) electrons. The standard InChI is InChI=1S/C22H33N3O4/c1-4-5-16(21(27)25-12-10-23-11-13-25)7-9-20(26)24-19-14-17(22(28)29)6-8-18(19)15(2)3/h6,8,14-16,23H,4-5,7,9-13H2,1-3H3,(H,24,26)(H,28,29). The second-order valence-corrected chi connectivity index (χ2v) is 7.91. The highest BCUT2D eigenvalue weighted by Gasteiger charge is 2.25. The number of carboxylic acids is 1. The molecule has 1 atom stereocenters. The van der Waals surface area contributed by atoms with Crippen molar-refractivity contribution < 1.29 is 19.5 Å². The van der Waals surface area contributed by atoms with Crippen LogP contribution in [0.25, 0.3) is 0 Å². The first-order chi connectivity index (χ1) is 13.8. The van der Waals surface area contributed by atoms with Gasteiger partial charge in [0.25, 0.3) is 0 Å². The van der Waals surface area contributed by atoms with E-state index in [1.165, 1.54) is 6.07 Å². The lowest BCUT2D eigenvalue weighted by molar-refractivity contribution is -0.136. The molecule has 0 saturated carbocycles. The molecule has 160 valence electrons. The summed E-state index contributed by atoms with van der Waals surface area (Å²) < 4.78 is 0. The number of hydrogen-bond donors (Lipinski definition) is 3. The van der Waals surface area contributed by atoms with Gasteiger partial charge in [-0.25, -0.2) is 4.79 Å². The molecule has 1 aliphatic heterocycles. The molecule has 2 amide bonds. The Kier molecular flexibility index (Phi) is 8.64. The Morgan fingerprint density at radius 2 is 1.86 bits per heavy atom. The van der Waals surface area contributed by atoms with Gasteiger partial charge in [-0.05, 0) is 36.5 Å². The summed E-state index contributed by atoms with van der Waals surface area (Å²) in [5.41, 5.74) is 1.57. The van der Waals surface area contributed by atoms with Crippen molar-refractivity contribution in [2.45, 2.75) is 52.4 Å². The van der Waals surface area contributed by atoms with Crippen molar-refractivity contribution in [3.8, 4) is 0 Å². The Morgan fingerprint density at radius 1 is 1.17 bits per heavy atom. The molecule has 1 aromatic rings. The van der Waals surface area contributed by atoms with E-state index in [0.29, 0.717) is 25.2 Å². The average Bonchev–Trinajstić information content (AvgIpc) is 2.71. The van der Waals surface area contributed by atoms with Crippen LogP contribution in [-0.4, -0.2) is 54.0 Å². The third-order valence-electron chi connectivity index (χ3n) is 5.33. The van der Waals surface area contributed by atoms with Crippen molar-refractivity contribution in [1.29, 1.82) is 0 Å². The molecular formula is C22H33N3O4. The molecule has 3 N–H and O–H groups in total. The lowest BCUT2D eigenvalue weighted by Gasteiger charge is -2.31. The SMILES string of the molecule is CCCC(CCC(=O)Nc1cc(C(=O)O)ccc1C(C)C)C(=O)N1CCNCC1. The largest absolute Gasteiger partial charge is 0.478 e. The van der Waals surface area contributed by atoms with Gasteiger partial charge in [-0.3, -0.25) is 9.59 Å². The van der Waals surface area contributed by atoms with Crippen LogP contribution >= 0.6 is 0 Å². The van der Waals surface area contributed by atoms with Crippen molar-refractivity contribution in [3.63, 3.8) is 0 Å². The number of nitrogens with zero attached hydrogens (tertiary/aromatic N) is 1. The Balaban J connectivity index is 2.02. The maximum Gasteiger partial charge on any atom is 0.335 e. The topological polar surface area (TPSA) is 98.7 Å². The Labute approximate surface area is 172 Å². The molecule has 1 unspecified atom stereocenters. The minimum Gasteiger partial charge on any atom is -0.478 e. The highest BCUT2D eigenvalue weighted by molar-refractivity contribution is 5.95. The van der Waals surface area contributed by atoms with Crippen molar-refractivity contribution in [2.75, 3.05) is 31.5 Å². The Bertz CT molecular complexity index is 727. The van der Waals surface area contributed by atoms with Crippen LogP contribution < -0.4 is 10.6 Å². The maximum atomic E-state index is 12.8. The van der Waals surface area contributed by atoms with Gasteiger partial charge in [0.15, 0.2) is 0 Å². The number of benzene rings is 1. The maximum absolute atomic E-state index is 12.8.